The minimum Gasteiger partial charge on any atom is -0.481 e. The lowest BCUT2D eigenvalue weighted by molar-refractivity contribution is -0.142. The van der Waals surface area contributed by atoms with E-state index in [0.29, 0.717) is 12.8 Å². The third kappa shape index (κ3) is 3.79. The molecule has 0 aliphatic carbocycles. The molecular weight excluding hydrogens is 339 g/mol. The van der Waals surface area contributed by atoms with E-state index in [1.807, 2.05) is 0 Å². The Labute approximate surface area is 132 Å². The van der Waals surface area contributed by atoms with Crippen LogP contribution in [-0.4, -0.2) is 36.9 Å². The molecule has 0 spiro atoms. The van der Waals surface area contributed by atoms with E-state index < -0.39 is 22.1 Å². The number of halogens is 2. The van der Waals surface area contributed by atoms with E-state index in [1.165, 1.54) is 10.4 Å². The third-order valence-electron chi connectivity index (χ3n) is 3.33. The van der Waals surface area contributed by atoms with Crippen molar-refractivity contribution in [3.8, 4) is 0 Å². The Kier molecular flexibility index (Phi) is 4.98. The molecule has 6 nitrogen and oxygen atoms in total. The first-order valence-corrected chi connectivity index (χ1v) is 8.45. The first-order chi connectivity index (χ1) is 9.81. The highest BCUT2D eigenvalue weighted by Crippen LogP contribution is 2.31. The lowest BCUT2D eigenvalue weighted by atomic mass is 9.99. The molecule has 0 bridgehead atoms. The van der Waals surface area contributed by atoms with Crippen molar-refractivity contribution in [1.29, 1.82) is 0 Å². The summed E-state index contributed by atoms with van der Waals surface area (Å²) in [6.07, 6.45) is 0.582. The zero-order valence-corrected chi connectivity index (χ0v) is 13.2. The molecule has 2 rings (SSSR count). The van der Waals surface area contributed by atoms with E-state index in [9.17, 15) is 13.2 Å². The lowest BCUT2D eigenvalue weighted by Gasteiger charge is -2.29. The van der Waals surface area contributed by atoms with Crippen LogP contribution in [0.1, 0.15) is 12.8 Å². The van der Waals surface area contributed by atoms with Gasteiger partial charge in [0.1, 0.15) is 0 Å². The number of carboxylic acid groups (broad SMARTS) is 1. The van der Waals surface area contributed by atoms with E-state index in [-0.39, 0.29) is 28.8 Å². The van der Waals surface area contributed by atoms with Gasteiger partial charge in [-0.3, -0.25) is 9.52 Å². The molecular formula is C12H14Cl2N2O4S. The second-order valence-electron chi connectivity index (χ2n) is 4.72. The number of nitrogens with one attached hydrogen (secondary N) is 1. The van der Waals surface area contributed by atoms with Gasteiger partial charge in [-0.1, -0.05) is 29.3 Å². The summed E-state index contributed by atoms with van der Waals surface area (Å²) in [6.45, 7) is 0.314. The molecule has 2 N–H and O–H groups in total. The van der Waals surface area contributed by atoms with Gasteiger partial charge in [-0.25, -0.2) is 0 Å². The van der Waals surface area contributed by atoms with Crippen LogP contribution in [0.25, 0.3) is 0 Å². The van der Waals surface area contributed by atoms with Gasteiger partial charge in [0.2, 0.25) is 0 Å². The number of nitrogens with zero attached hydrogens (tertiary/aromatic N) is 1. The zero-order valence-electron chi connectivity index (χ0n) is 10.9. The van der Waals surface area contributed by atoms with Crippen LogP contribution in [0.2, 0.25) is 10.0 Å². The standard InChI is InChI=1S/C12H14Cl2N2O4S/c13-9-2-1-3-10(11(9)14)15-21(19,20)16-6-4-8(5-7-16)12(17)18/h1-3,8,15H,4-7H2,(H,17,18). The molecule has 1 aromatic carbocycles. The third-order valence-corrected chi connectivity index (χ3v) is 5.68. The summed E-state index contributed by atoms with van der Waals surface area (Å²) in [5, 5.41) is 9.29. The molecule has 1 aliphatic heterocycles. The summed E-state index contributed by atoms with van der Waals surface area (Å²) in [6, 6.07) is 4.65. The molecule has 1 aliphatic rings. The number of carbonyl (C=O) groups is 1. The van der Waals surface area contributed by atoms with E-state index in [2.05, 4.69) is 4.72 Å². The highest BCUT2D eigenvalue weighted by molar-refractivity contribution is 7.90. The average Bonchev–Trinajstić information content (AvgIpc) is 2.44. The molecule has 0 unspecified atom stereocenters. The van der Waals surface area contributed by atoms with Crippen LogP contribution in [0.5, 0.6) is 0 Å². The second-order valence-corrected chi connectivity index (χ2v) is 7.18. The van der Waals surface area contributed by atoms with Crippen molar-refractivity contribution in [2.75, 3.05) is 17.8 Å². The molecule has 0 saturated carbocycles. The molecule has 1 aromatic rings. The Hall–Kier alpha value is -1.02. The van der Waals surface area contributed by atoms with Gasteiger partial charge in [0.05, 0.1) is 21.7 Å². The maximum absolute atomic E-state index is 12.3. The minimum atomic E-state index is -3.78. The number of rotatable bonds is 4. The maximum Gasteiger partial charge on any atom is 0.306 e. The number of hydrogen-bond donors (Lipinski definition) is 2. The van der Waals surface area contributed by atoms with Crippen LogP contribution >= 0.6 is 23.2 Å². The average molecular weight is 353 g/mol. The monoisotopic (exact) mass is 352 g/mol. The topological polar surface area (TPSA) is 86.7 Å². The van der Waals surface area contributed by atoms with Crippen molar-refractivity contribution in [3.63, 3.8) is 0 Å². The molecule has 116 valence electrons. The Morgan fingerprint density at radius 1 is 1.29 bits per heavy atom. The molecule has 9 heteroatoms. The van der Waals surface area contributed by atoms with Crippen LogP contribution < -0.4 is 4.72 Å². The summed E-state index contributed by atoms with van der Waals surface area (Å²) in [5.41, 5.74) is 0.199. The predicted octanol–water partition coefficient (Wildman–Crippen LogP) is 2.45. The van der Waals surface area contributed by atoms with Crippen molar-refractivity contribution >= 4 is 45.1 Å². The highest BCUT2D eigenvalue weighted by atomic mass is 35.5. The summed E-state index contributed by atoms with van der Waals surface area (Å²) in [4.78, 5) is 10.9. The molecule has 1 heterocycles. The lowest BCUT2D eigenvalue weighted by Crippen LogP contribution is -2.42. The first-order valence-electron chi connectivity index (χ1n) is 6.26. The van der Waals surface area contributed by atoms with Gasteiger partial charge in [-0.15, -0.1) is 0 Å². The largest absolute Gasteiger partial charge is 0.481 e. The molecule has 0 radical (unpaired) electrons. The summed E-state index contributed by atoms with van der Waals surface area (Å²) < 4.78 is 28.1. The van der Waals surface area contributed by atoms with Crippen molar-refractivity contribution in [2.45, 2.75) is 12.8 Å². The molecule has 21 heavy (non-hydrogen) atoms. The van der Waals surface area contributed by atoms with E-state index in [1.54, 1.807) is 12.1 Å². The molecule has 1 fully saturated rings. The number of benzene rings is 1. The Bertz CT molecular complexity index is 643. The van der Waals surface area contributed by atoms with Crippen LogP contribution in [0.15, 0.2) is 18.2 Å². The number of anilines is 1. The SMILES string of the molecule is O=C(O)C1CCN(S(=O)(=O)Nc2cccc(Cl)c2Cl)CC1. The van der Waals surface area contributed by atoms with Crippen molar-refractivity contribution < 1.29 is 18.3 Å². The first kappa shape index (κ1) is 16.4. The summed E-state index contributed by atoms with van der Waals surface area (Å²) >= 11 is 11.8. The fourth-order valence-corrected chi connectivity index (χ4v) is 3.80. The van der Waals surface area contributed by atoms with Crippen LogP contribution in [-0.2, 0) is 15.0 Å². The maximum atomic E-state index is 12.3. The van der Waals surface area contributed by atoms with Gasteiger partial charge in [-0.2, -0.15) is 12.7 Å². The Balaban J connectivity index is 2.09. The van der Waals surface area contributed by atoms with Crippen LogP contribution in [0, 0.1) is 5.92 Å². The summed E-state index contributed by atoms with van der Waals surface area (Å²) in [5.74, 6) is -1.39. The summed E-state index contributed by atoms with van der Waals surface area (Å²) in [7, 11) is -3.78. The molecule has 0 atom stereocenters. The second kappa shape index (κ2) is 6.39. The van der Waals surface area contributed by atoms with Crippen LogP contribution in [0.4, 0.5) is 5.69 Å². The smallest absolute Gasteiger partial charge is 0.306 e. The predicted molar refractivity (Wildman–Crippen MR) is 80.9 cm³/mol. The van der Waals surface area contributed by atoms with Gasteiger partial charge in [-0.05, 0) is 25.0 Å². The number of aliphatic carboxylic acids is 1. The molecule has 1 saturated heterocycles. The van der Waals surface area contributed by atoms with Crippen LogP contribution in [0.3, 0.4) is 0 Å². The normalized spacial score (nSPS) is 17.6. The van der Waals surface area contributed by atoms with Gasteiger partial charge < -0.3 is 5.11 Å². The number of piperidine rings is 1. The zero-order chi connectivity index (χ0) is 15.6. The fourth-order valence-electron chi connectivity index (χ4n) is 2.13. The Morgan fingerprint density at radius 2 is 1.90 bits per heavy atom. The van der Waals surface area contributed by atoms with Gasteiger partial charge >= 0.3 is 16.2 Å². The van der Waals surface area contributed by atoms with E-state index in [4.69, 9.17) is 28.3 Å². The van der Waals surface area contributed by atoms with Gasteiger partial charge in [0.15, 0.2) is 0 Å². The van der Waals surface area contributed by atoms with E-state index in [0.717, 1.165) is 0 Å². The number of carboxylic acids is 1. The van der Waals surface area contributed by atoms with Gasteiger partial charge in [0.25, 0.3) is 0 Å². The minimum absolute atomic E-state index is 0.128. The quantitative estimate of drug-likeness (QED) is 0.871. The van der Waals surface area contributed by atoms with E-state index >= 15 is 0 Å². The molecule has 0 amide bonds. The van der Waals surface area contributed by atoms with Crippen molar-refractivity contribution in [2.24, 2.45) is 5.92 Å². The Morgan fingerprint density at radius 3 is 2.48 bits per heavy atom. The highest BCUT2D eigenvalue weighted by Gasteiger charge is 2.31. The van der Waals surface area contributed by atoms with Gasteiger partial charge in [0, 0.05) is 13.1 Å². The van der Waals surface area contributed by atoms with Crippen molar-refractivity contribution in [3.05, 3.63) is 28.2 Å². The number of hydrogen-bond acceptors (Lipinski definition) is 3. The fraction of sp³-hybridized carbons (Fsp3) is 0.417. The molecule has 0 aromatic heterocycles. The van der Waals surface area contributed by atoms with Crippen molar-refractivity contribution in [1.82, 2.24) is 4.31 Å².